The van der Waals surface area contributed by atoms with Gasteiger partial charge in [0, 0.05) is 25.5 Å². The van der Waals surface area contributed by atoms with Gasteiger partial charge in [0.05, 0.1) is 41.5 Å². The zero-order chi connectivity index (χ0) is 43.3. The Morgan fingerprint density at radius 3 is 2.29 bits per heavy atom. The van der Waals surface area contributed by atoms with Crippen molar-refractivity contribution in [3.05, 3.63) is 81.8 Å². The number of urea groups is 1. The monoisotopic (exact) mass is 855 g/mol. The van der Waals surface area contributed by atoms with Crippen LogP contribution in [0.25, 0.3) is 0 Å². The van der Waals surface area contributed by atoms with Crippen LogP contribution in [0.1, 0.15) is 101 Å². The van der Waals surface area contributed by atoms with Gasteiger partial charge in [0.25, 0.3) is 0 Å². The van der Waals surface area contributed by atoms with Gasteiger partial charge in [-0.05, 0) is 66.2 Å². The van der Waals surface area contributed by atoms with E-state index in [1.54, 1.807) is 12.4 Å². The predicted octanol–water partition coefficient (Wildman–Crippen LogP) is 6.22. The maximum atomic E-state index is 14.2. The van der Waals surface area contributed by atoms with Gasteiger partial charge < -0.3 is 36.3 Å². The third-order valence-corrected chi connectivity index (χ3v) is 13.5. The number of thiazole rings is 1. The number of hydrogen-bond donors (Lipinski definition) is 6. The van der Waals surface area contributed by atoms with Crippen molar-refractivity contribution in [3.63, 3.8) is 0 Å². The van der Waals surface area contributed by atoms with Crippen molar-refractivity contribution >= 4 is 45.6 Å². The molecule has 0 bridgehead atoms. The molecule has 324 valence electrons. The van der Waals surface area contributed by atoms with Gasteiger partial charge in [-0.1, -0.05) is 102 Å². The largest absolute Gasteiger partial charge is 0.465 e. The lowest BCUT2D eigenvalue weighted by Gasteiger charge is -2.33. The van der Waals surface area contributed by atoms with Crippen LogP contribution in [0.4, 0.5) is 9.59 Å². The second-order valence-corrected chi connectivity index (χ2v) is 19.6. The average molecular weight is 856 g/mol. The minimum absolute atomic E-state index is 0.0284. The molecule has 1 aliphatic rings. The van der Waals surface area contributed by atoms with Gasteiger partial charge in [-0.25, -0.2) is 23.0 Å². The Morgan fingerprint density at radius 2 is 1.69 bits per heavy atom. The van der Waals surface area contributed by atoms with Crippen molar-refractivity contribution < 1.29 is 38.2 Å². The van der Waals surface area contributed by atoms with Gasteiger partial charge in [-0.3, -0.25) is 4.79 Å². The first-order valence-corrected chi connectivity index (χ1v) is 22.5. The van der Waals surface area contributed by atoms with Crippen molar-refractivity contribution in [2.45, 2.75) is 115 Å². The first-order chi connectivity index (χ1) is 27.9. The summed E-state index contributed by atoms with van der Waals surface area (Å²) in [7, 11) is -2.51. The van der Waals surface area contributed by atoms with Gasteiger partial charge in [0.2, 0.25) is 15.9 Å². The molecule has 1 heterocycles. The first-order valence-electron chi connectivity index (χ1n) is 20.2. The number of nitrogens with one attached hydrogen (secondary N) is 3. The van der Waals surface area contributed by atoms with Crippen LogP contribution >= 0.6 is 11.3 Å². The van der Waals surface area contributed by atoms with E-state index in [9.17, 15) is 33.0 Å². The predicted molar refractivity (Wildman–Crippen MR) is 228 cm³/mol. The number of rotatable bonds is 20. The third-order valence-electron chi connectivity index (χ3n) is 10.6. The lowest BCUT2D eigenvalue weighted by molar-refractivity contribution is -0.125. The van der Waals surface area contributed by atoms with Gasteiger partial charge in [0.1, 0.15) is 11.0 Å². The van der Waals surface area contributed by atoms with Crippen molar-refractivity contribution in [2.75, 3.05) is 20.1 Å². The fourth-order valence-electron chi connectivity index (χ4n) is 7.23. The summed E-state index contributed by atoms with van der Waals surface area (Å²) >= 11 is 1.31. The Labute approximate surface area is 352 Å². The van der Waals surface area contributed by atoms with E-state index >= 15 is 0 Å². The standard InChI is InChI=1S/C42H61N7O8S2/c1-7-28(2)37(47-40(52)48(6)25-32-27-58-39(44-32)35(46-41(53)54)22-42(3,4)5)38(51)45-34(21-29-13-9-8-10-14-29)36(50)26-49(24-31-15-11-12-16-31)59(56,57)33-19-17-30(18-20-33)23-43-55/h8-10,13-14,17-20,23,27-28,31,34-37,46,50,55H,7,11-12,15-16,21-22,24-26H2,1-6H3,(H,45,51)(H,47,52)(H,53,54)/t28-,34-,35-,36+,37-/m0/s1. The number of aromatic nitrogens is 1. The summed E-state index contributed by atoms with van der Waals surface area (Å²) in [6, 6.07) is 12.3. The number of aliphatic hydroxyl groups excluding tert-OH is 1. The van der Waals surface area contributed by atoms with Crippen LogP contribution in [0.2, 0.25) is 0 Å². The number of benzene rings is 2. The smallest absolute Gasteiger partial charge is 0.405 e. The zero-order valence-corrected chi connectivity index (χ0v) is 36.5. The number of carbonyl (C=O) groups is 3. The summed E-state index contributed by atoms with van der Waals surface area (Å²) in [5.74, 6) is -0.719. The molecule has 4 amide bonds. The van der Waals surface area contributed by atoms with Gasteiger partial charge in [-0.2, -0.15) is 4.31 Å². The van der Waals surface area contributed by atoms with Crippen LogP contribution in [-0.4, -0.2) is 101 Å². The van der Waals surface area contributed by atoms with E-state index in [0.29, 0.717) is 29.1 Å². The second kappa shape index (κ2) is 21.6. The van der Waals surface area contributed by atoms with E-state index < -0.39 is 52.3 Å². The number of amides is 4. The molecule has 5 atom stereocenters. The zero-order valence-electron chi connectivity index (χ0n) is 34.9. The van der Waals surface area contributed by atoms with Gasteiger partial charge >= 0.3 is 12.1 Å². The van der Waals surface area contributed by atoms with Crippen molar-refractivity contribution in [2.24, 2.45) is 22.4 Å². The average Bonchev–Trinajstić information content (AvgIpc) is 3.88. The van der Waals surface area contributed by atoms with Crippen molar-refractivity contribution in [1.29, 1.82) is 0 Å². The SMILES string of the molecule is CC[C@H](C)[C@H](NC(=O)N(C)Cc1csc([C@H](CC(C)(C)C)NC(=O)O)n1)C(=O)N[C@@H](Cc1ccccc1)[C@H](O)CN(CC1CCCC1)S(=O)(=O)c1ccc(C=NO)cc1. The number of carboxylic acid groups (broad SMARTS) is 1. The quantitative estimate of drug-likeness (QED) is 0.0432. The minimum atomic E-state index is -4.10. The molecule has 0 saturated heterocycles. The highest BCUT2D eigenvalue weighted by Gasteiger charge is 2.35. The van der Waals surface area contributed by atoms with Crippen LogP contribution in [-0.2, 0) is 27.8 Å². The highest BCUT2D eigenvalue weighted by molar-refractivity contribution is 7.89. The van der Waals surface area contributed by atoms with Crippen LogP contribution < -0.4 is 16.0 Å². The van der Waals surface area contributed by atoms with Gasteiger partial charge in [0.15, 0.2) is 0 Å². The molecular weight excluding hydrogens is 795 g/mol. The summed E-state index contributed by atoms with van der Waals surface area (Å²) in [6.45, 7) is 9.82. The molecule has 0 aliphatic heterocycles. The van der Waals surface area contributed by atoms with E-state index in [4.69, 9.17) is 5.21 Å². The Balaban J connectivity index is 1.54. The van der Waals surface area contributed by atoms with Crippen LogP contribution in [0, 0.1) is 17.3 Å². The summed E-state index contributed by atoms with van der Waals surface area (Å²) < 4.78 is 29.7. The third kappa shape index (κ3) is 14.3. The van der Waals surface area contributed by atoms with E-state index in [-0.39, 0.29) is 48.2 Å². The molecule has 4 rings (SSSR count). The normalized spacial score (nSPS) is 16.3. The molecule has 1 fully saturated rings. The molecule has 0 spiro atoms. The second-order valence-electron chi connectivity index (χ2n) is 16.8. The summed E-state index contributed by atoms with van der Waals surface area (Å²) in [6.07, 6.45) is 3.71. The first kappa shape index (κ1) is 47.1. The molecule has 17 heteroatoms. The molecular formula is C42H61N7O8S2. The molecule has 3 aromatic rings. The number of sulfonamides is 1. The molecule has 2 aromatic carbocycles. The maximum absolute atomic E-state index is 14.2. The van der Waals surface area contributed by atoms with Gasteiger partial charge in [-0.15, -0.1) is 11.3 Å². The highest BCUT2D eigenvalue weighted by Crippen LogP contribution is 2.32. The molecule has 1 saturated carbocycles. The fourth-order valence-corrected chi connectivity index (χ4v) is 9.62. The summed E-state index contributed by atoms with van der Waals surface area (Å²) in [5.41, 5.74) is 1.73. The molecule has 0 unspecified atom stereocenters. The lowest BCUT2D eigenvalue weighted by atomic mass is 9.88. The van der Waals surface area contributed by atoms with Crippen molar-refractivity contribution in [1.82, 2.24) is 30.1 Å². The lowest BCUT2D eigenvalue weighted by Crippen LogP contribution is -2.58. The Morgan fingerprint density at radius 1 is 1.03 bits per heavy atom. The number of carbonyl (C=O) groups excluding carboxylic acids is 2. The Hall–Kier alpha value is -4.58. The molecule has 15 nitrogen and oxygen atoms in total. The van der Waals surface area contributed by atoms with Crippen molar-refractivity contribution in [3.8, 4) is 0 Å². The molecule has 1 aromatic heterocycles. The molecule has 6 N–H and O–H groups in total. The van der Waals surface area contributed by atoms with Crippen LogP contribution in [0.5, 0.6) is 0 Å². The number of nitrogens with zero attached hydrogens (tertiary/aromatic N) is 4. The topological polar surface area (TPSA) is 214 Å². The number of oxime groups is 1. The molecule has 0 radical (unpaired) electrons. The number of hydrogen-bond acceptors (Lipinski definition) is 10. The Bertz CT molecular complexity index is 1950. The Kier molecular flexibility index (Phi) is 17.3. The highest BCUT2D eigenvalue weighted by atomic mass is 32.2. The van der Waals surface area contributed by atoms with Crippen LogP contribution in [0.15, 0.2) is 70.0 Å². The van der Waals surface area contributed by atoms with Crippen LogP contribution in [0.3, 0.4) is 0 Å². The maximum Gasteiger partial charge on any atom is 0.405 e. The molecule has 1 aliphatic carbocycles. The van der Waals surface area contributed by atoms with E-state index in [1.807, 2.05) is 65.0 Å². The van der Waals surface area contributed by atoms with E-state index in [1.165, 1.54) is 51.0 Å². The summed E-state index contributed by atoms with van der Waals surface area (Å²) in [5, 5.41) is 44.1. The number of aliphatic hydroxyl groups is 1. The molecule has 59 heavy (non-hydrogen) atoms. The van der Waals surface area contributed by atoms with E-state index in [0.717, 1.165) is 31.2 Å². The van der Waals surface area contributed by atoms with E-state index in [2.05, 4.69) is 26.1 Å². The minimum Gasteiger partial charge on any atom is -0.465 e. The summed E-state index contributed by atoms with van der Waals surface area (Å²) in [4.78, 5) is 45.5. The fraction of sp³-hybridized carbons (Fsp3) is 0.548.